The fourth-order valence-corrected chi connectivity index (χ4v) is 6.77. The van der Waals surface area contributed by atoms with E-state index < -0.39 is 6.04 Å². The quantitative estimate of drug-likeness (QED) is 0.253. The van der Waals surface area contributed by atoms with Crippen LogP contribution in [-0.2, 0) is 20.9 Å². The second-order valence-electron chi connectivity index (χ2n) is 10.6. The SMILES string of the molecule is CCOC(=O)Cn1c(C)c(/C=c2/sc3n(c2=O)[C@H](c2ccc(OC)cc2)C(C(=O)Nc2ccccc2)=C(C)N=3)c2ccccc21. The maximum Gasteiger partial charge on any atom is 0.325 e. The van der Waals surface area contributed by atoms with Crippen molar-refractivity contribution >= 4 is 45.9 Å². The summed E-state index contributed by atoms with van der Waals surface area (Å²) in [4.78, 5) is 45.8. The van der Waals surface area contributed by atoms with Gasteiger partial charge in [0.1, 0.15) is 12.3 Å². The van der Waals surface area contributed by atoms with E-state index in [-0.39, 0.29) is 24.0 Å². The molecule has 0 aliphatic carbocycles. The van der Waals surface area contributed by atoms with Gasteiger partial charge >= 0.3 is 5.97 Å². The molecule has 5 aromatic rings. The lowest BCUT2D eigenvalue weighted by Crippen LogP contribution is -2.40. The monoisotopic (exact) mass is 620 g/mol. The van der Waals surface area contributed by atoms with E-state index >= 15 is 0 Å². The third-order valence-electron chi connectivity index (χ3n) is 7.88. The molecule has 0 fully saturated rings. The van der Waals surface area contributed by atoms with E-state index in [0.29, 0.717) is 38.6 Å². The van der Waals surface area contributed by atoms with Crippen molar-refractivity contribution in [3.63, 3.8) is 0 Å². The predicted octanol–water partition coefficient (Wildman–Crippen LogP) is 4.71. The summed E-state index contributed by atoms with van der Waals surface area (Å²) in [5, 5.41) is 3.89. The van der Waals surface area contributed by atoms with Crippen LogP contribution in [-0.4, -0.2) is 34.7 Å². The average Bonchev–Trinajstić information content (AvgIpc) is 3.49. The van der Waals surface area contributed by atoms with E-state index in [2.05, 4.69) is 5.32 Å². The van der Waals surface area contributed by atoms with E-state index in [1.807, 2.05) is 96.4 Å². The molecule has 1 amide bonds. The number of amides is 1. The molecule has 45 heavy (non-hydrogen) atoms. The zero-order valence-electron chi connectivity index (χ0n) is 25.4. The molecule has 0 radical (unpaired) electrons. The molecule has 0 saturated carbocycles. The van der Waals surface area contributed by atoms with Crippen LogP contribution in [0.3, 0.4) is 0 Å². The second kappa shape index (κ2) is 12.4. The maximum absolute atomic E-state index is 14.3. The van der Waals surface area contributed by atoms with Gasteiger partial charge in [-0.3, -0.25) is 19.0 Å². The number of fused-ring (bicyclic) bond motifs is 2. The van der Waals surface area contributed by atoms with Crippen molar-refractivity contribution in [2.24, 2.45) is 4.99 Å². The summed E-state index contributed by atoms with van der Waals surface area (Å²) in [5.74, 6) is -0.00388. The van der Waals surface area contributed by atoms with Crippen molar-refractivity contribution in [3.05, 3.63) is 127 Å². The average molecular weight is 621 g/mol. The number of hydrogen-bond donors (Lipinski definition) is 1. The van der Waals surface area contributed by atoms with Crippen molar-refractivity contribution in [1.82, 2.24) is 9.13 Å². The van der Waals surface area contributed by atoms with Crippen LogP contribution >= 0.6 is 11.3 Å². The first kappa shape index (κ1) is 29.8. The molecule has 0 spiro atoms. The van der Waals surface area contributed by atoms with Crippen molar-refractivity contribution in [2.75, 3.05) is 19.0 Å². The summed E-state index contributed by atoms with van der Waals surface area (Å²) < 4.78 is 14.6. The van der Waals surface area contributed by atoms with Gasteiger partial charge in [-0.25, -0.2) is 4.99 Å². The Bertz CT molecular complexity index is 2140. The Morgan fingerprint density at radius 1 is 1.00 bits per heavy atom. The molecule has 0 saturated heterocycles. The van der Waals surface area contributed by atoms with Gasteiger partial charge in [-0.05, 0) is 62.7 Å². The van der Waals surface area contributed by atoms with Crippen molar-refractivity contribution in [1.29, 1.82) is 0 Å². The fraction of sp³-hybridized carbons (Fsp3) is 0.200. The van der Waals surface area contributed by atoms with Crippen molar-refractivity contribution in [2.45, 2.75) is 33.4 Å². The number of carbonyl (C=O) groups is 2. The lowest BCUT2D eigenvalue weighted by molar-refractivity contribution is -0.143. The van der Waals surface area contributed by atoms with Gasteiger partial charge in [0.2, 0.25) is 0 Å². The molecular weight excluding hydrogens is 588 g/mol. The number of nitrogens with one attached hydrogen (secondary N) is 1. The smallest absolute Gasteiger partial charge is 0.325 e. The maximum atomic E-state index is 14.3. The van der Waals surface area contributed by atoms with Gasteiger partial charge in [0.05, 0.1) is 35.6 Å². The molecule has 0 bridgehead atoms. The van der Waals surface area contributed by atoms with Crippen LogP contribution in [0, 0.1) is 6.92 Å². The first-order chi connectivity index (χ1) is 21.8. The van der Waals surface area contributed by atoms with Gasteiger partial charge in [0, 0.05) is 27.8 Å². The number of ether oxygens (including phenoxy) is 2. The molecule has 1 aliphatic heterocycles. The number of rotatable bonds is 8. The molecule has 0 unspecified atom stereocenters. The number of nitrogens with zero attached hydrogens (tertiary/aromatic N) is 3. The van der Waals surface area contributed by atoms with Crippen molar-refractivity contribution < 1.29 is 19.1 Å². The molecule has 9 nitrogen and oxygen atoms in total. The van der Waals surface area contributed by atoms with Gasteiger partial charge in [-0.15, -0.1) is 0 Å². The Morgan fingerprint density at radius 3 is 2.42 bits per heavy atom. The Labute approximate surface area is 263 Å². The summed E-state index contributed by atoms with van der Waals surface area (Å²) in [6.07, 6.45) is 1.86. The largest absolute Gasteiger partial charge is 0.497 e. The number of aromatic nitrogens is 2. The van der Waals surface area contributed by atoms with Crippen LogP contribution in [0.4, 0.5) is 5.69 Å². The Hall–Kier alpha value is -5.22. The number of allylic oxidation sites excluding steroid dienone is 1. The number of anilines is 1. The molecular formula is C35H32N4O5S. The zero-order valence-corrected chi connectivity index (χ0v) is 26.2. The highest BCUT2D eigenvalue weighted by atomic mass is 32.1. The van der Waals surface area contributed by atoms with E-state index in [9.17, 15) is 14.4 Å². The van der Waals surface area contributed by atoms with Crippen LogP contribution in [0.5, 0.6) is 5.75 Å². The Morgan fingerprint density at radius 2 is 1.71 bits per heavy atom. The van der Waals surface area contributed by atoms with Crippen LogP contribution in [0.1, 0.15) is 36.7 Å². The number of hydrogen-bond acceptors (Lipinski definition) is 7. The van der Waals surface area contributed by atoms with E-state index in [1.54, 1.807) is 25.5 Å². The third-order valence-corrected chi connectivity index (χ3v) is 8.86. The molecule has 1 atom stereocenters. The summed E-state index contributed by atoms with van der Waals surface area (Å²) in [5.41, 5.74) is 4.57. The number of thiazole rings is 1. The molecule has 6 rings (SSSR count). The highest BCUT2D eigenvalue weighted by Crippen LogP contribution is 2.32. The minimum atomic E-state index is -0.718. The first-order valence-electron chi connectivity index (χ1n) is 14.6. The fourth-order valence-electron chi connectivity index (χ4n) is 5.74. The van der Waals surface area contributed by atoms with Gasteiger partial charge < -0.3 is 19.4 Å². The minimum Gasteiger partial charge on any atom is -0.497 e. The predicted molar refractivity (Wildman–Crippen MR) is 175 cm³/mol. The van der Waals surface area contributed by atoms with Crippen LogP contribution in [0.2, 0.25) is 0 Å². The molecule has 3 aromatic carbocycles. The van der Waals surface area contributed by atoms with E-state index in [0.717, 1.165) is 27.7 Å². The standard InChI is InChI=1S/C35H32N4O5S/c1-5-44-30(40)20-38-22(3)27(26-13-9-10-14-28(26)38)19-29-34(42)39-32(23-15-17-25(43-4)18-16-23)31(21(2)36-35(39)45-29)33(41)37-24-11-7-6-8-12-24/h6-19,32H,5,20H2,1-4H3,(H,37,41)/b29-19+/t32-/m1/s1. The lowest BCUT2D eigenvalue weighted by atomic mass is 9.95. The number of carbonyl (C=O) groups excluding carboxylic acids is 2. The first-order valence-corrected chi connectivity index (χ1v) is 15.4. The minimum absolute atomic E-state index is 0.0613. The summed E-state index contributed by atoms with van der Waals surface area (Å²) in [6, 6.07) is 23.6. The Balaban J connectivity index is 1.52. The highest BCUT2D eigenvalue weighted by Gasteiger charge is 2.32. The number of para-hydroxylation sites is 2. The molecule has 10 heteroatoms. The second-order valence-corrected chi connectivity index (χ2v) is 11.6. The molecule has 2 aromatic heterocycles. The normalized spacial score (nSPS) is 14.7. The van der Waals surface area contributed by atoms with E-state index in [4.69, 9.17) is 14.5 Å². The third kappa shape index (κ3) is 5.60. The van der Waals surface area contributed by atoms with Gasteiger partial charge in [-0.2, -0.15) is 0 Å². The molecule has 3 heterocycles. The zero-order chi connectivity index (χ0) is 31.7. The number of methoxy groups -OCH3 is 1. The number of benzene rings is 3. The van der Waals surface area contributed by atoms with Crippen LogP contribution < -0.4 is 24.9 Å². The van der Waals surface area contributed by atoms with Gasteiger partial charge in [0.25, 0.3) is 11.5 Å². The lowest BCUT2D eigenvalue weighted by Gasteiger charge is -2.25. The Kier molecular flexibility index (Phi) is 8.23. The summed E-state index contributed by atoms with van der Waals surface area (Å²) in [7, 11) is 1.59. The van der Waals surface area contributed by atoms with E-state index in [1.165, 1.54) is 11.3 Å². The number of esters is 1. The molecule has 1 N–H and O–H groups in total. The molecule has 228 valence electrons. The summed E-state index contributed by atoms with van der Waals surface area (Å²) >= 11 is 1.27. The summed E-state index contributed by atoms with van der Waals surface area (Å²) in [6.45, 7) is 5.86. The van der Waals surface area contributed by atoms with Crippen molar-refractivity contribution in [3.8, 4) is 5.75 Å². The topological polar surface area (TPSA) is 104 Å². The molecule has 1 aliphatic rings. The van der Waals surface area contributed by atoms with Gasteiger partial charge in [0.15, 0.2) is 4.80 Å². The van der Waals surface area contributed by atoms with Crippen LogP contribution in [0.25, 0.3) is 17.0 Å². The van der Waals surface area contributed by atoms with Crippen LogP contribution in [0.15, 0.2) is 99.9 Å². The highest BCUT2D eigenvalue weighted by molar-refractivity contribution is 7.07. The van der Waals surface area contributed by atoms with Gasteiger partial charge in [-0.1, -0.05) is 59.9 Å².